The van der Waals surface area contributed by atoms with Crippen LogP contribution in [0.25, 0.3) is 11.3 Å². The number of hydrogen-bond donors (Lipinski definition) is 2. The molecule has 1 aliphatic heterocycles. The smallest absolute Gasteiger partial charge is 0.226 e. The van der Waals surface area contributed by atoms with Gasteiger partial charge in [0.05, 0.1) is 5.69 Å². The van der Waals surface area contributed by atoms with Gasteiger partial charge in [0.15, 0.2) is 11.5 Å². The normalized spacial score (nSPS) is 12.7. The SMILES string of the molecule is CNCCC(=O)Nc1cccc(-c2ccc3c(c2)OCCO3)n1. The molecule has 2 heterocycles. The molecule has 6 heteroatoms. The molecular formula is C17H19N3O3. The fraction of sp³-hybridized carbons (Fsp3) is 0.294. The van der Waals surface area contributed by atoms with Crippen molar-refractivity contribution in [1.29, 1.82) is 0 Å². The van der Waals surface area contributed by atoms with Gasteiger partial charge in [-0.1, -0.05) is 6.07 Å². The van der Waals surface area contributed by atoms with Gasteiger partial charge in [0.25, 0.3) is 0 Å². The first-order valence-corrected chi connectivity index (χ1v) is 7.58. The molecule has 23 heavy (non-hydrogen) atoms. The number of rotatable bonds is 5. The summed E-state index contributed by atoms with van der Waals surface area (Å²) in [6.07, 6.45) is 0.409. The maximum Gasteiger partial charge on any atom is 0.226 e. The van der Waals surface area contributed by atoms with Crippen molar-refractivity contribution in [2.24, 2.45) is 0 Å². The number of anilines is 1. The number of fused-ring (bicyclic) bond motifs is 1. The van der Waals surface area contributed by atoms with Crippen LogP contribution < -0.4 is 20.1 Å². The second-order valence-corrected chi connectivity index (χ2v) is 5.17. The number of hydrogen-bond acceptors (Lipinski definition) is 5. The Kier molecular flexibility index (Phi) is 4.73. The van der Waals surface area contributed by atoms with Crippen LogP contribution in [0.2, 0.25) is 0 Å². The van der Waals surface area contributed by atoms with E-state index in [1.54, 1.807) is 6.07 Å². The highest BCUT2D eigenvalue weighted by Crippen LogP contribution is 2.34. The van der Waals surface area contributed by atoms with E-state index >= 15 is 0 Å². The Morgan fingerprint density at radius 1 is 1.17 bits per heavy atom. The highest BCUT2D eigenvalue weighted by Gasteiger charge is 2.13. The molecule has 1 aliphatic rings. The van der Waals surface area contributed by atoms with Gasteiger partial charge in [-0.2, -0.15) is 0 Å². The van der Waals surface area contributed by atoms with Crippen molar-refractivity contribution in [2.75, 3.05) is 32.1 Å². The molecule has 3 rings (SSSR count). The van der Waals surface area contributed by atoms with Gasteiger partial charge < -0.3 is 20.1 Å². The van der Waals surface area contributed by atoms with Crippen LogP contribution in [-0.4, -0.2) is 37.7 Å². The van der Waals surface area contributed by atoms with E-state index in [-0.39, 0.29) is 5.91 Å². The van der Waals surface area contributed by atoms with Gasteiger partial charge in [0, 0.05) is 18.5 Å². The predicted molar refractivity (Wildman–Crippen MR) is 87.8 cm³/mol. The van der Waals surface area contributed by atoms with Crippen LogP contribution >= 0.6 is 0 Å². The fourth-order valence-corrected chi connectivity index (χ4v) is 2.31. The number of amides is 1. The monoisotopic (exact) mass is 313 g/mol. The molecule has 2 N–H and O–H groups in total. The molecule has 0 radical (unpaired) electrons. The van der Waals surface area contributed by atoms with E-state index in [1.807, 2.05) is 37.4 Å². The van der Waals surface area contributed by atoms with Gasteiger partial charge in [0.2, 0.25) is 5.91 Å². The molecule has 1 aromatic carbocycles. The summed E-state index contributed by atoms with van der Waals surface area (Å²) in [6.45, 7) is 1.75. The molecule has 0 saturated heterocycles. The second-order valence-electron chi connectivity index (χ2n) is 5.17. The second kappa shape index (κ2) is 7.11. The van der Waals surface area contributed by atoms with Crippen molar-refractivity contribution in [3.8, 4) is 22.8 Å². The van der Waals surface area contributed by atoms with E-state index in [0.717, 1.165) is 22.8 Å². The molecule has 1 aromatic heterocycles. The molecule has 120 valence electrons. The number of nitrogens with zero attached hydrogens (tertiary/aromatic N) is 1. The number of pyridine rings is 1. The summed E-state index contributed by atoms with van der Waals surface area (Å²) in [5, 5.41) is 5.75. The Labute approximate surface area is 134 Å². The van der Waals surface area contributed by atoms with Crippen LogP contribution in [0.15, 0.2) is 36.4 Å². The van der Waals surface area contributed by atoms with E-state index < -0.39 is 0 Å². The molecule has 0 spiro atoms. The van der Waals surface area contributed by atoms with E-state index in [4.69, 9.17) is 9.47 Å². The van der Waals surface area contributed by atoms with Crippen molar-refractivity contribution < 1.29 is 14.3 Å². The molecular weight excluding hydrogens is 294 g/mol. The third kappa shape index (κ3) is 3.78. The highest BCUT2D eigenvalue weighted by atomic mass is 16.6. The Hall–Kier alpha value is -2.60. The van der Waals surface area contributed by atoms with Gasteiger partial charge in [-0.3, -0.25) is 4.79 Å². The van der Waals surface area contributed by atoms with E-state index in [2.05, 4.69) is 15.6 Å². The Balaban J connectivity index is 1.78. The number of nitrogens with one attached hydrogen (secondary N) is 2. The van der Waals surface area contributed by atoms with Crippen LogP contribution in [0.3, 0.4) is 0 Å². The topological polar surface area (TPSA) is 72.5 Å². The minimum absolute atomic E-state index is 0.0637. The van der Waals surface area contributed by atoms with Gasteiger partial charge in [-0.25, -0.2) is 4.98 Å². The fourth-order valence-electron chi connectivity index (χ4n) is 2.31. The molecule has 0 saturated carbocycles. The number of carbonyl (C=O) groups excluding carboxylic acids is 1. The maximum absolute atomic E-state index is 11.8. The van der Waals surface area contributed by atoms with E-state index in [1.165, 1.54) is 0 Å². The summed E-state index contributed by atoms with van der Waals surface area (Å²) < 4.78 is 11.1. The third-order valence-corrected chi connectivity index (χ3v) is 3.46. The first-order chi connectivity index (χ1) is 11.3. The van der Waals surface area contributed by atoms with Crippen molar-refractivity contribution in [2.45, 2.75) is 6.42 Å². The molecule has 0 atom stereocenters. The summed E-state index contributed by atoms with van der Waals surface area (Å²) in [4.78, 5) is 16.3. The van der Waals surface area contributed by atoms with E-state index in [9.17, 15) is 4.79 Å². The molecule has 0 aliphatic carbocycles. The standard InChI is InChI=1S/C17H19N3O3/c1-18-8-7-17(21)20-16-4-2-3-13(19-16)12-5-6-14-15(11-12)23-10-9-22-14/h2-6,11,18H,7-10H2,1H3,(H,19,20,21). The summed E-state index contributed by atoms with van der Waals surface area (Å²) in [5.74, 6) is 1.94. The minimum atomic E-state index is -0.0637. The van der Waals surface area contributed by atoms with Gasteiger partial charge >= 0.3 is 0 Å². The number of ether oxygens (including phenoxy) is 2. The average molecular weight is 313 g/mol. The average Bonchev–Trinajstić information content (AvgIpc) is 2.60. The lowest BCUT2D eigenvalue weighted by Gasteiger charge is -2.18. The molecule has 1 amide bonds. The Morgan fingerprint density at radius 3 is 2.83 bits per heavy atom. The van der Waals surface area contributed by atoms with Crippen molar-refractivity contribution in [3.63, 3.8) is 0 Å². The van der Waals surface area contributed by atoms with Crippen LogP contribution in [0.5, 0.6) is 11.5 Å². The molecule has 0 bridgehead atoms. The molecule has 0 fully saturated rings. The lowest BCUT2D eigenvalue weighted by Crippen LogP contribution is -2.19. The Morgan fingerprint density at radius 2 is 2.00 bits per heavy atom. The van der Waals surface area contributed by atoms with Crippen molar-refractivity contribution in [1.82, 2.24) is 10.3 Å². The third-order valence-electron chi connectivity index (χ3n) is 3.46. The minimum Gasteiger partial charge on any atom is -0.486 e. The van der Waals surface area contributed by atoms with Crippen LogP contribution in [0.4, 0.5) is 5.82 Å². The highest BCUT2D eigenvalue weighted by molar-refractivity contribution is 5.90. The summed E-state index contributed by atoms with van der Waals surface area (Å²) in [7, 11) is 1.81. The molecule has 6 nitrogen and oxygen atoms in total. The molecule has 2 aromatic rings. The first kappa shape index (κ1) is 15.3. The first-order valence-electron chi connectivity index (χ1n) is 7.58. The zero-order valence-corrected chi connectivity index (χ0v) is 13.0. The van der Waals surface area contributed by atoms with Crippen LogP contribution in [0.1, 0.15) is 6.42 Å². The zero-order valence-electron chi connectivity index (χ0n) is 13.0. The quantitative estimate of drug-likeness (QED) is 0.884. The maximum atomic E-state index is 11.8. The predicted octanol–water partition coefficient (Wildman–Crippen LogP) is 2.07. The van der Waals surface area contributed by atoms with Gasteiger partial charge in [0.1, 0.15) is 19.0 Å². The van der Waals surface area contributed by atoms with Gasteiger partial charge in [-0.05, 0) is 37.4 Å². The van der Waals surface area contributed by atoms with E-state index in [0.29, 0.717) is 32.0 Å². The van der Waals surface area contributed by atoms with Crippen molar-refractivity contribution in [3.05, 3.63) is 36.4 Å². The summed E-state index contributed by atoms with van der Waals surface area (Å²) in [5.41, 5.74) is 1.69. The summed E-state index contributed by atoms with van der Waals surface area (Å²) >= 11 is 0. The zero-order chi connectivity index (χ0) is 16.1. The Bertz CT molecular complexity index is 703. The number of benzene rings is 1. The lowest BCUT2D eigenvalue weighted by atomic mass is 10.1. The summed E-state index contributed by atoms with van der Waals surface area (Å²) in [6, 6.07) is 11.3. The van der Waals surface area contributed by atoms with Crippen LogP contribution in [0, 0.1) is 0 Å². The molecule has 0 unspecified atom stereocenters. The number of carbonyl (C=O) groups is 1. The van der Waals surface area contributed by atoms with Crippen molar-refractivity contribution >= 4 is 11.7 Å². The van der Waals surface area contributed by atoms with Crippen LogP contribution in [-0.2, 0) is 4.79 Å². The largest absolute Gasteiger partial charge is 0.486 e. The van der Waals surface area contributed by atoms with Gasteiger partial charge in [-0.15, -0.1) is 0 Å². The number of aromatic nitrogens is 1. The lowest BCUT2D eigenvalue weighted by molar-refractivity contribution is -0.116.